The molecule has 2 aromatic rings. The van der Waals surface area contributed by atoms with Gasteiger partial charge in [0.2, 0.25) is 5.88 Å². The predicted octanol–water partition coefficient (Wildman–Crippen LogP) is 1.87. The van der Waals surface area contributed by atoms with Crippen molar-refractivity contribution < 1.29 is 9.84 Å². The Morgan fingerprint density at radius 3 is 2.94 bits per heavy atom. The van der Waals surface area contributed by atoms with Gasteiger partial charge in [0.25, 0.3) is 0 Å². The van der Waals surface area contributed by atoms with Gasteiger partial charge in [0.1, 0.15) is 11.4 Å². The lowest BCUT2D eigenvalue weighted by molar-refractivity contribution is 0.444. The van der Waals surface area contributed by atoms with Crippen molar-refractivity contribution in [3.8, 4) is 17.4 Å². The molecule has 82 valence electrons. The molecule has 1 heterocycles. The fourth-order valence-corrected chi connectivity index (χ4v) is 1.22. The highest BCUT2D eigenvalue weighted by molar-refractivity contribution is 5.62. The van der Waals surface area contributed by atoms with Crippen LogP contribution in [0.4, 0.5) is 5.69 Å². The van der Waals surface area contributed by atoms with Crippen LogP contribution in [0.1, 0.15) is 5.56 Å². The molecule has 0 radical (unpaired) electrons. The molecule has 16 heavy (non-hydrogen) atoms. The van der Waals surface area contributed by atoms with Gasteiger partial charge < -0.3 is 15.6 Å². The minimum Gasteiger partial charge on any atom is -0.506 e. The first-order valence-electron chi connectivity index (χ1n) is 4.71. The number of aromatic hydroxyl groups is 1. The molecule has 0 aliphatic rings. The van der Waals surface area contributed by atoms with Gasteiger partial charge >= 0.3 is 0 Å². The number of para-hydroxylation sites is 1. The number of anilines is 1. The summed E-state index contributed by atoms with van der Waals surface area (Å²) >= 11 is 0. The third-order valence-corrected chi connectivity index (χ3v) is 2.03. The highest BCUT2D eigenvalue weighted by Gasteiger charge is 2.06. The summed E-state index contributed by atoms with van der Waals surface area (Å²) in [6.45, 7) is 1.88. The van der Waals surface area contributed by atoms with Gasteiger partial charge in [-0.1, -0.05) is 6.07 Å². The topological polar surface area (TPSA) is 81.3 Å². The number of phenolic OH excluding ortho intramolecular Hbond substituents is 1. The van der Waals surface area contributed by atoms with E-state index < -0.39 is 0 Å². The van der Waals surface area contributed by atoms with Crippen molar-refractivity contribution in [1.82, 2.24) is 10.2 Å². The maximum absolute atomic E-state index is 9.39. The minimum atomic E-state index is -0.0156. The number of hydrogen-bond acceptors (Lipinski definition) is 5. The van der Waals surface area contributed by atoms with Gasteiger partial charge in [-0.05, 0) is 24.6 Å². The molecule has 1 aromatic heterocycles. The molecule has 0 aliphatic heterocycles. The molecular weight excluding hydrogens is 206 g/mol. The van der Waals surface area contributed by atoms with Crippen LogP contribution in [-0.4, -0.2) is 15.3 Å². The molecule has 0 aliphatic carbocycles. The molecule has 0 atom stereocenters. The number of benzene rings is 1. The van der Waals surface area contributed by atoms with Gasteiger partial charge in [-0.3, -0.25) is 0 Å². The van der Waals surface area contributed by atoms with Crippen LogP contribution in [0.25, 0.3) is 0 Å². The number of aromatic nitrogens is 2. The number of nitrogens with zero attached hydrogens (tertiary/aromatic N) is 2. The van der Waals surface area contributed by atoms with E-state index in [1.165, 1.54) is 6.07 Å². The Morgan fingerprint density at radius 1 is 1.38 bits per heavy atom. The van der Waals surface area contributed by atoms with Crippen LogP contribution < -0.4 is 10.5 Å². The SMILES string of the molecule is Cc1cnnc(Oc2cccc(O)c2N)c1. The molecule has 0 spiro atoms. The molecule has 0 saturated carbocycles. The normalized spacial score (nSPS) is 10.1. The molecule has 3 N–H and O–H groups in total. The highest BCUT2D eigenvalue weighted by atomic mass is 16.5. The van der Waals surface area contributed by atoms with Gasteiger partial charge in [0.15, 0.2) is 5.75 Å². The predicted molar refractivity (Wildman–Crippen MR) is 59.4 cm³/mol. The van der Waals surface area contributed by atoms with Crippen LogP contribution in [0.5, 0.6) is 17.4 Å². The third kappa shape index (κ3) is 2.03. The molecule has 0 unspecified atom stereocenters. The number of aryl methyl sites for hydroxylation is 1. The van der Waals surface area contributed by atoms with Crippen LogP contribution in [0.3, 0.4) is 0 Å². The first-order valence-corrected chi connectivity index (χ1v) is 4.71. The van der Waals surface area contributed by atoms with Crippen molar-refractivity contribution >= 4 is 5.69 Å². The fraction of sp³-hybridized carbons (Fsp3) is 0.0909. The molecule has 0 bridgehead atoms. The summed E-state index contributed by atoms with van der Waals surface area (Å²) in [4.78, 5) is 0. The average Bonchev–Trinajstić information content (AvgIpc) is 2.25. The van der Waals surface area contributed by atoms with E-state index in [-0.39, 0.29) is 11.4 Å². The molecule has 1 aromatic carbocycles. The van der Waals surface area contributed by atoms with E-state index in [0.717, 1.165) is 5.56 Å². The number of rotatable bonds is 2. The van der Waals surface area contributed by atoms with Crippen molar-refractivity contribution in [2.75, 3.05) is 5.73 Å². The number of nitrogens with two attached hydrogens (primary N) is 1. The summed E-state index contributed by atoms with van der Waals surface area (Å²) in [5.41, 5.74) is 6.77. The first-order chi connectivity index (χ1) is 7.66. The quantitative estimate of drug-likeness (QED) is 0.592. The summed E-state index contributed by atoms with van der Waals surface area (Å²) in [6.07, 6.45) is 1.62. The molecule has 0 amide bonds. The number of phenols is 1. The van der Waals surface area contributed by atoms with Crippen LogP contribution in [0.2, 0.25) is 0 Å². The molecule has 0 fully saturated rings. The van der Waals surface area contributed by atoms with Crippen molar-refractivity contribution in [3.05, 3.63) is 36.0 Å². The van der Waals surface area contributed by atoms with E-state index in [0.29, 0.717) is 11.6 Å². The largest absolute Gasteiger partial charge is 0.506 e. The molecular formula is C11H11N3O2. The summed E-state index contributed by atoms with van der Waals surface area (Å²) in [5.74, 6) is 0.690. The van der Waals surface area contributed by atoms with E-state index in [1.54, 1.807) is 24.4 Å². The van der Waals surface area contributed by atoms with E-state index in [9.17, 15) is 5.11 Å². The van der Waals surface area contributed by atoms with E-state index in [2.05, 4.69) is 10.2 Å². The van der Waals surface area contributed by atoms with Crippen LogP contribution in [0, 0.1) is 6.92 Å². The zero-order chi connectivity index (χ0) is 11.5. The van der Waals surface area contributed by atoms with Gasteiger partial charge in [0.05, 0.1) is 6.20 Å². The van der Waals surface area contributed by atoms with Gasteiger partial charge in [-0.2, -0.15) is 5.10 Å². The summed E-state index contributed by atoms with van der Waals surface area (Å²) in [7, 11) is 0. The number of ether oxygens (including phenoxy) is 1. The van der Waals surface area contributed by atoms with Crippen LogP contribution in [0.15, 0.2) is 30.5 Å². The molecule has 2 rings (SSSR count). The second-order valence-corrected chi connectivity index (χ2v) is 3.36. The van der Waals surface area contributed by atoms with Crippen molar-refractivity contribution in [2.24, 2.45) is 0 Å². The maximum Gasteiger partial charge on any atom is 0.239 e. The maximum atomic E-state index is 9.39. The molecule has 5 heteroatoms. The lowest BCUT2D eigenvalue weighted by Crippen LogP contribution is -1.95. The monoisotopic (exact) mass is 217 g/mol. The standard InChI is InChI=1S/C11H11N3O2/c1-7-5-10(14-13-6-7)16-9-4-2-3-8(15)11(9)12/h2-6,15H,12H2,1H3. The summed E-state index contributed by atoms with van der Waals surface area (Å²) in [6, 6.07) is 6.52. The van der Waals surface area contributed by atoms with Crippen molar-refractivity contribution in [2.45, 2.75) is 6.92 Å². The summed E-state index contributed by atoms with van der Waals surface area (Å²) in [5, 5.41) is 16.9. The second-order valence-electron chi connectivity index (χ2n) is 3.36. The Balaban J connectivity index is 2.31. The Hall–Kier alpha value is -2.30. The molecule has 0 saturated heterocycles. The fourth-order valence-electron chi connectivity index (χ4n) is 1.22. The first kappa shape index (κ1) is 10.2. The Kier molecular flexibility index (Phi) is 2.59. The van der Waals surface area contributed by atoms with Crippen LogP contribution >= 0.6 is 0 Å². The number of hydrogen-bond donors (Lipinski definition) is 2. The number of nitrogen functional groups attached to an aromatic ring is 1. The Bertz CT molecular complexity index is 514. The van der Waals surface area contributed by atoms with Crippen molar-refractivity contribution in [1.29, 1.82) is 0 Å². The van der Waals surface area contributed by atoms with Crippen molar-refractivity contribution in [3.63, 3.8) is 0 Å². The third-order valence-electron chi connectivity index (χ3n) is 2.03. The van der Waals surface area contributed by atoms with Crippen LogP contribution in [-0.2, 0) is 0 Å². The zero-order valence-corrected chi connectivity index (χ0v) is 8.71. The van der Waals surface area contributed by atoms with E-state index in [1.807, 2.05) is 6.92 Å². The van der Waals surface area contributed by atoms with E-state index in [4.69, 9.17) is 10.5 Å². The lowest BCUT2D eigenvalue weighted by Gasteiger charge is -2.07. The van der Waals surface area contributed by atoms with Gasteiger partial charge in [-0.15, -0.1) is 5.10 Å². The highest BCUT2D eigenvalue weighted by Crippen LogP contribution is 2.32. The minimum absolute atomic E-state index is 0.0156. The van der Waals surface area contributed by atoms with Gasteiger partial charge in [0, 0.05) is 6.07 Å². The Labute approximate surface area is 92.5 Å². The molecule has 5 nitrogen and oxygen atoms in total. The summed E-state index contributed by atoms with van der Waals surface area (Å²) < 4.78 is 5.41. The Morgan fingerprint density at radius 2 is 2.19 bits per heavy atom. The average molecular weight is 217 g/mol. The van der Waals surface area contributed by atoms with Gasteiger partial charge in [-0.25, -0.2) is 0 Å². The smallest absolute Gasteiger partial charge is 0.239 e. The van der Waals surface area contributed by atoms with E-state index >= 15 is 0 Å². The zero-order valence-electron chi connectivity index (χ0n) is 8.71. The second kappa shape index (κ2) is 4.06. The lowest BCUT2D eigenvalue weighted by atomic mass is 10.3.